The fraction of sp³-hybridized carbons (Fsp3) is 0.478. The normalized spacial score (nSPS) is 26.7. The molecule has 6 rings (SSSR count). The summed E-state index contributed by atoms with van der Waals surface area (Å²) in [4.78, 5) is 49.0. The Balaban J connectivity index is 1.43. The van der Waals surface area contributed by atoms with Crippen molar-refractivity contribution in [1.29, 1.82) is 0 Å². The van der Waals surface area contributed by atoms with Gasteiger partial charge < -0.3 is 44.2 Å². The van der Waals surface area contributed by atoms with Gasteiger partial charge in [0.2, 0.25) is 0 Å². The number of rotatable bonds is 12. The first kappa shape index (κ1) is 47.9. The molecule has 3 aromatic rings. The topological polar surface area (TPSA) is 191 Å². The SMILES string of the molecule is CC#C/C=C\C#C[C@H](OC1OC(C)C(C(=O)c2nccc3c2[nH]c2ccc(O)cc23)CC1OC1CCC(NC(C)C)C(C)O1)C1=C(NC(=O)OC)C(=O)C[C@H](O)/C1=C/CS(C)(=S)=S. The number of carbonyl (C=O) groups excluding carboxylic acids is 3. The van der Waals surface area contributed by atoms with Crippen molar-refractivity contribution < 1.29 is 48.3 Å². The second kappa shape index (κ2) is 21.0. The lowest BCUT2D eigenvalue weighted by atomic mass is 9.84. The largest absolute Gasteiger partial charge is 0.508 e. The molecule has 9 atom stereocenters. The Kier molecular flexibility index (Phi) is 16.0. The number of carbonyl (C=O) groups is 3. The van der Waals surface area contributed by atoms with Crippen LogP contribution in [0.2, 0.25) is 0 Å². The van der Waals surface area contributed by atoms with Gasteiger partial charge in [-0.05, 0) is 111 Å². The molecule has 1 aliphatic carbocycles. The van der Waals surface area contributed by atoms with Gasteiger partial charge in [0.1, 0.15) is 23.7 Å². The number of aromatic amines is 1. The number of nitrogens with one attached hydrogen (secondary N) is 3. The molecule has 0 saturated carbocycles. The number of phenolic OH excluding ortho intramolecular Hbond substituents is 1. The molecular weight excluding hydrogens is 865 g/mol. The molecule has 7 unspecified atom stereocenters. The van der Waals surface area contributed by atoms with Gasteiger partial charge >= 0.3 is 6.09 Å². The number of Topliss-reactive ketones (excluding diaryl/α,β-unsaturated/α-hetero) is 2. The lowest BCUT2D eigenvalue weighted by molar-refractivity contribution is -0.305. The van der Waals surface area contributed by atoms with Crippen LogP contribution in [0.25, 0.3) is 21.8 Å². The van der Waals surface area contributed by atoms with Crippen molar-refractivity contribution in [3.05, 3.63) is 71.2 Å². The van der Waals surface area contributed by atoms with E-state index < -0.39 is 61.9 Å². The van der Waals surface area contributed by atoms with Crippen molar-refractivity contribution in [2.75, 3.05) is 19.1 Å². The molecule has 0 spiro atoms. The third kappa shape index (κ3) is 11.8. The number of benzene rings is 1. The van der Waals surface area contributed by atoms with E-state index in [1.807, 2.05) is 6.92 Å². The Morgan fingerprint density at radius 3 is 2.57 bits per heavy atom. The molecule has 1 amide bonds. The number of aliphatic hydroxyl groups excluding tert-OH is 1. The summed E-state index contributed by atoms with van der Waals surface area (Å²) < 4.78 is 31.5. The average molecular weight is 919 g/mol. The summed E-state index contributed by atoms with van der Waals surface area (Å²) in [5, 5.41) is 29.2. The number of aromatic nitrogens is 2. The van der Waals surface area contributed by atoms with Gasteiger partial charge in [-0.2, -0.15) is 0 Å². The van der Waals surface area contributed by atoms with Crippen molar-refractivity contribution in [2.24, 2.45) is 5.92 Å². The van der Waals surface area contributed by atoms with E-state index in [2.05, 4.69) is 58.1 Å². The van der Waals surface area contributed by atoms with Crippen molar-refractivity contribution in [2.45, 2.75) is 115 Å². The highest BCUT2D eigenvalue weighted by molar-refractivity contribution is 8.56. The lowest BCUT2D eigenvalue weighted by Crippen LogP contribution is -2.53. The van der Waals surface area contributed by atoms with Crippen LogP contribution in [-0.4, -0.2) is 112 Å². The van der Waals surface area contributed by atoms with Crippen LogP contribution in [-0.2, 0) is 58.0 Å². The van der Waals surface area contributed by atoms with Crippen LogP contribution in [0.15, 0.2) is 65.5 Å². The highest BCUT2D eigenvalue weighted by atomic mass is 33.1. The quantitative estimate of drug-likeness (QED) is 0.118. The van der Waals surface area contributed by atoms with Crippen molar-refractivity contribution in [1.82, 2.24) is 20.6 Å². The van der Waals surface area contributed by atoms with Gasteiger partial charge in [-0.1, -0.05) is 44.8 Å². The van der Waals surface area contributed by atoms with E-state index >= 15 is 0 Å². The molecule has 336 valence electrons. The molecule has 63 heavy (non-hydrogen) atoms. The number of alkyl carbamates (subject to hydrolysis) is 1. The third-order valence-corrected chi connectivity index (χ3v) is 12.6. The predicted molar refractivity (Wildman–Crippen MR) is 247 cm³/mol. The molecule has 2 saturated heterocycles. The average Bonchev–Trinajstić information content (AvgIpc) is 3.59. The van der Waals surface area contributed by atoms with Gasteiger partial charge in [0.25, 0.3) is 0 Å². The monoisotopic (exact) mass is 918 g/mol. The summed E-state index contributed by atoms with van der Waals surface area (Å²) in [6.45, 7) is 9.56. The molecule has 0 bridgehead atoms. The van der Waals surface area contributed by atoms with Crippen LogP contribution in [0, 0.1) is 29.6 Å². The van der Waals surface area contributed by atoms with Gasteiger partial charge in [0.15, 0.2) is 24.1 Å². The van der Waals surface area contributed by atoms with Crippen LogP contribution >= 0.6 is 0 Å². The summed E-state index contributed by atoms with van der Waals surface area (Å²) in [5.41, 5.74) is 1.58. The minimum Gasteiger partial charge on any atom is -0.508 e. The predicted octanol–water partition coefficient (Wildman–Crippen LogP) is 5.18. The maximum atomic E-state index is 14.7. The molecule has 17 heteroatoms. The summed E-state index contributed by atoms with van der Waals surface area (Å²) >= 11 is 11.1. The second-order valence-corrected chi connectivity index (χ2v) is 23.4. The Hall–Kier alpha value is -4.53. The Morgan fingerprint density at radius 2 is 1.87 bits per heavy atom. The number of phenols is 1. The highest BCUT2D eigenvalue weighted by Crippen LogP contribution is 2.38. The number of aromatic hydroxyl groups is 1. The van der Waals surface area contributed by atoms with Crippen molar-refractivity contribution in [3.8, 4) is 29.4 Å². The van der Waals surface area contributed by atoms with Gasteiger partial charge in [-0.25, -0.2) is 4.79 Å². The number of ketones is 2. The molecule has 1 aromatic carbocycles. The molecule has 2 aliphatic heterocycles. The molecular formula is C46H54N4O10S3. The number of aliphatic hydroxyl groups is 1. The number of methoxy groups -OCH3 is 1. The number of hydrogen-bond acceptors (Lipinski definition) is 14. The van der Waals surface area contributed by atoms with Crippen molar-refractivity contribution in [3.63, 3.8) is 0 Å². The number of H-pyrrole nitrogens is 1. The Morgan fingerprint density at radius 1 is 1.11 bits per heavy atom. The first-order chi connectivity index (χ1) is 30.0. The van der Waals surface area contributed by atoms with E-state index in [4.69, 9.17) is 46.1 Å². The van der Waals surface area contributed by atoms with Crippen LogP contribution in [0.5, 0.6) is 5.75 Å². The van der Waals surface area contributed by atoms with E-state index in [0.717, 1.165) is 29.8 Å². The number of allylic oxidation sites excluding steroid dienone is 3. The fourth-order valence-corrected chi connectivity index (χ4v) is 8.99. The standard InChI is InChI=1S/C46H54N4O10S3/c1-8-9-10-11-12-13-37(40-30(19-21-63(7,61)62)35(52)24-36(53)42(40)50-46(55)56-6)60-45-38(59-39-17-16-33(27(5)57-39)48-25(2)3)23-31(26(4)58-45)44(54)43-41-29(18-20-47-43)32-22-28(51)14-15-34(32)49-41/h10-11,14-15,18-20,22,25-27,31,33,35,37-39,45,48-49,51-52H,16-17,21,23-24H2,1-7H3,(H,50,55)/b11-10-,30-19-/t26?,27?,31?,33?,35-,37-,38?,39?,45?/m0/s1. The highest BCUT2D eigenvalue weighted by Gasteiger charge is 2.46. The second-order valence-electron chi connectivity index (χ2n) is 16.1. The summed E-state index contributed by atoms with van der Waals surface area (Å²) in [6, 6.07) is 7.06. The fourth-order valence-electron chi connectivity index (χ4n) is 8.10. The van der Waals surface area contributed by atoms with E-state index in [1.165, 1.54) is 6.08 Å². The van der Waals surface area contributed by atoms with Crippen LogP contribution in [0.1, 0.15) is 70.8 Å². The Bertz CT molecular complexity index is 2560. The van der Waals surface area contributed by atoms with Gasteiger partial charge in [0, 0.05) is 52.3 Å². The molecule has 14 nitrogen and oxygen atoms in total. The minimum atomic E-state index is -1.97. The Labute approximate surface area is 377 Å². The molecule has 2 fully saturated rings. The van der Waals surface area contributed by atoms with Crippen LogP contribution < -0.4 is 10.6 Å². The van der Waals surface area contributed by atoms with E-state index in [0.29, 0.717) is 11.9 Å². The number of amides is 1. The molecule has 4 heterocycles. The van der Waals surface area contributed by atoms with Crippen LogP contribution in [0.3, 0.4) is 0 Å². The number of hydrogen-bond donors (Lipinski definition) is 5. The van der Waals surface area contributed by atoms with E-state index in [1.54, 1.807) is 62.7 Å². The zero-order chi connectivity index (χ0) is 45.6. The number of fused-ring (bicyclic) bond motifs is 3. The minimum absolute atomic E-state index is 0.0688. The zero-order valence-electron chi connectivity index (χ0n) is 36.3. The number of ether oxygens (including phenoxy) is 5. The smallest absolute Gasteiger partial charge is 0.411 e. The van der Waals surface area contributed by atoms with E-state index in [-0.39, 0.29) is 70.9 Å². The van der Waals surface area contributed by atoms with Gasteiger partial charge in [-0.3, -0.25) is 19.9 Å². The lowest BCUT2D eigenvalue weighted by Gasteiger charge is -2.43. The molecule has 3 aliphatic rings. The summed E-state index contributed by atoms with van der Waals surface area (Å²) in [5.74, 6) is 10.2. The van der Waals surface area contributed by atoms with Gasteiger partial charge in [0.05, 0.1) is 42.6 Å². The van der Waals surface area contributed by atoms with Crippen LogP contribution in [0.4, 0.5) is 4.79 Å². The molecule has 0 radical (unpaired) electrons. The molecule has 2 aromatic heterocycles. The first-order valence-electron chi connectivity index (χ1n) is 20.8. The summed E-state index contributed by atoms with van der Waals surface area (Å²) in [6.07, 6.45) is 1.59. The van der Waals surface area contributed by atoms with Crippen molar-refractivity contribution >= 4 is 69.0 Å². The third-order valence-electron chi connectivity index (χ3n) is 11.1. The van der Waals surface area contributed by atoms with E-state index in [9.17, 15) is 24.6 Å². The zero-order valence-corrected chi connectivity index (χ0v) is 38.7. The van der Waals surface area contributed by atoms with Gasteiger partial charge in [-0.15, -0.1) is 5.92 Å². The maximum Gasteiger partial charge on any atom is 0.411 e. The molecule has 5 N–H and O–H groups in total. The first-order valence-corrected chi connectivity index (χ1v) is 24.8. The maximum absolute atomic E-state index is 14.7. The number of pyridine rings is 1. The number of nitrogens with zero attached hydrogens (tertiary/aromatic N) is 1. The summed E-state index contributed by atoms with van der Waals surface area (Å²) in [7, 11) is -0.812.